The molecule has 0 radical (unpaired) electrons. The number of anilines is 1. The lowest BCUT2D eigenvalue weighted by molar-refractivity contribution is -0.133. The van der Waals surface area contributed by atoms with E-state index in [1.54, 1.807) is 0 Å². The van der Waals surface area contributed by atoms with Crippen LogP contribution in [0.15, 0.2) is 0 Å². The maximum Gasteiger partial charge on any atom is 0.237 e. The third-order valence-corrected chi connectivity index (χ3v) is 5.27. The van der Waals surface area contributed by atoms with Gasteiger partial charge in [-0.3, -0.25) is 9.69 Å². The van der Waals surface area contributed by atoms with Crippen LogP contribution >= 0.6 is 0 Å². The highest BCUT2D eigenvalue weighted by Crippen LogP contribution is 2.25. The highest BCUT2D eigenvalue weighted by molar-refractivity contribution is 5.78. The number of hydrogen-bond acceptors (Lipinski definition) is 6. The van der Waals surface area contributed by atoms with Gasteiger partial charge in [-0.1, -0.05) is 0 Å². The molecule has 3 heterocycles. The summed E-state index contributed by atoms with van der Waals surface area (Å²) in [6.45, 7) is 5.78. The number of carbonyl (C=O) groups is 1. The van der Waals surface area contributed by atoms with Crippen LogP contribution in [-0.2, 0) is 17.8 Å². The van der Waals surface area contributed by atoms with E-state index in [4.69, 9.17) is 0 Å². The molecule has 0 aliphatic carbocycles. The minimum atomic E-state index is 0.215. The van der Waals surface area contributed by atoms with Crippen LogP contribution in [0.3, 0.4) is 0 Å². The Kier molecular flexibility index (Phi) is 5.24. The van der Waals surface area contributed by atoms with Gasteiger partial charge < -0.3 is 14.7 Å². The molecule has 3 rings (SSSR count). The van der Waals surface area contributed by atoms with Gasteiger partial charge in [0.05, 0.1) is 18.8 Å². The molecule has 7 nitrogen and oxygen atoms in total. The van der Waals surface area contributed by atoms with E-state index in [2.05, 4.69) is 33.9 Å². The molecule has 0 aromatic carbocycles. The van der Waals surface area contributed by atoms with Crippen molar-refractivity contribution in [1.82, 2.24) is 24.7 Å². The minimum absolute atomic E-state index is 0.215. The second-order valence-electron chi connectivity index (χ2n) is 7.62. The molecule has 0 unspecified atom stereocenters. The zero-order valence-electron chi connectivity index (χ0n) is 16.1. The summed E-state index contributed by atoms with van der Waals surface area (Å²) in [4.78, 5) is 30.5. The molecule has 0 saturated carbocycles. The van der Waals surface area contributed by atoms with Crippen LogP contribution in [0.2, 0.25) is 0 Å². The van der Waals surface area contributed by atoms with E-state index >= 15 is 0 Å². The van der Waals surface area contributed by atoms with Crippen LogP contribution < -0.4 is 4.90 Å². The molecule has 1 aromatic heterocycles. The first-order valence-corrected chi connectivity index (χ1v) is 9.05. The van der Waals surface area contributed by atoms with Crippen molar-refractivity contribution in [2.45, 2.75) is 32.4 Å². The molecule has 7 heteroatoms. The Morgan fingerprint density at radius 1 is 1.20 bits per heavy atom. The first-order chi connectivity index (χ1) is 11.8. The van der Waals surface area contributed by atoms with Crippen molar-refractivity contribution in [3.63, 3.8) is 0 Å². The molecule has 1 fully saturated rings. The van der Waals surface area contributed by atoms with Gasteiger partial charge in [-0.25, -0.2) is 9.97 Å². The van der Waals surface area contributed by atoms with E-state index in [-0.39, 0.29) is 5.91 Å². The second-order valence-corrected chi connectivity index (χ2v) is 7.62. The molecule has 0 spiro atoms. The van der Waals surface area contributed by atoms with Crippen LogP contribution in [-0.4, -0.2) is 91.0 Å². The molecule has 1 aromatic rings. The maximum atomic E-state index is 12.8. The van der Waals surface area contributed by atoms with Crippen molar-refractivity contribution in [1.29, 1.82) is 0 Å². The minimum Gasteiger partial charge on any atom is -0.362 e. The third-order valence-electron chi connectivity index (χ3n) is 5.27. The molecular weight excluding hydrogens is 316 g/mol. The zero-order chi connectivity index (χ0) is 18.1. The van der Waals surface area contributed by atoms with Crippen molar-refractivity contribution in [3.05, 3.63) is 17.1 Å². The van der Waals surface area contributed by atoms with Crippen molar-refractivity contribution < 1.29 is 4.79 Å². The number of fused-ring (bicyclic) bond motifs is 1. The Labute approximate surface area is 150 Å². The maximum absolute atomic E-state index is 12.8. The lowest BCUT2D eigenvalue weighted by atomic mass is 10.0. The summed E-state index contributed by atoms with van der Waals surface area (Å²) in [5, 5.41) is 0. The fraction of sp³-hybridized carbons (Fsp3) is 0.722. The normalized spacial score (nSPS) is 20.9. The number of nitrogens with zero attached hydrogens (tertiary/aromatic N) is 6. The summed E-state index contributed by atoms with van der Waals surface area (Å²) in [5.41, 5.74) is 2.19. The Morgan fingerprint density at radius 3 is 2.60 bits per heavy atom. The van der Waals surface area contributed by atoms with Gasteiger partial charge in [-0.05, 0) is 33.9 Å². The van der Waals surface area contributed by atoms with Gasteiger partial charge in [-0.2, -0.15) is 0 Å². The number of likely N-dealkylation sites (tertiary alicyclic amines) is 1. The van der Waals surface area contributed by atoms with Crippen molar-refractivity contribution in [3.8, 4) is 0 Å². The first kappa shape index (κ1) is 18.1. The summed E-state index contributed by atoms with van der Waals surface area (Å²) >= 11 is 0. The number of hydrogen-bond donors (Lipinski definition) is 0. The number of amides is 1. The van der Waals surface area contributed by atoms with Gasteiger partial charge in [0.15, 0.2) is 0 Å². The fourth-order valence-corrected chi connectivity index (χ4v) is 3.78. The second kappa shape index (κ2) is 7.25. The van der Waals surface area contributed by atoms with E-state index < -0.39 is 0 Å². The lowest BCUT2D eigenvalue weighted by Crippen LogP contribution is -2.43. The lowest BCUT2D eigenvalue weighted by Gasteiger charge is -2.31. The summed E-state index contributed by atoms with van der Waals surface area (Å²) < 4.78 is 0. The van der Waals surface area contributed by atoms with Gasteiger partial charge in [-0.15, -0.1) is 0 Å². The van der Waals surface area contributed by atoms with E-state index in [9.17, 15) is 4.79 Å². The van der Waals surface area contributed by atoms with Gasteiger partial charge in [0.1, 0.15) is 11.6 Å². The molecule has 2 aliphatic heterocycles. The molecule has 25 heavy (non-hydrogen) atoms. The van der Waals surface area contributed by atoms with E-state index in [1.807, 2.05) is 30.8 Å². The van der Waals surface area contributed by atoms with Crippen LogP contribution in [0.1, 0.15) is 23.5 Å². The standard InChI is InChI=1S/C18H30N6O/c1-13-19-16-11-24(9-7-15(16)18(20-13)22(4)5)17(25)12-23-8-6-14(10-23)21(2)3/h14H,6-12H2,1-5H3/t14-/m0/s1. The Morgan fingerprint density at radius 2 is 1.96 bits per heavy atom. The predicted molar refractivity (Wildman–Crippen MR) is 98.7 cm³/mol. The van der Waals surface area contributed by atoms with Crippen molar-refractivity contribution >= 4 is 11.7 Å². The van der Waals surface area contributed by atoms with Gasteiger partial charge >= 0.3 is 0 Å². The fourth-order valence-electron chi connectivity index (χ4n) is 3.78. The highest BCUT2D eigenvalue weighted by atomic mass is 16.2. The van der Waals surface area contributed by atoms with E-state index in [0.29, 0.717) is 19.1 Å². The van der Waals surface area contributed by atoms with Crippen molar-refractivity contribution in [2.75, 3.05) is 59.3 Å². The molecule has 1 saturated heterocycles. The summed E-state index contributed by atoms with van der Waals surface area (Å²) in [6, 6.07) is 0.563. The average molecular weight is 346 g/mol. The SMILES string of the molecule is Cc1nc2c(c(N(C)C)n1)CCN(C(=O)CN1CC[C@H](N(C)C)C1)C2. The molecule has 1 amide bonds. The molecule has 2 aliphatic rings. The van der Waals surface area contributed by atoms with E-state index in [1.165, 1.54) is 5.56 Å². The number of likely N-dealkylation sites (N-methyl/N-ethyl adjacent to an activating group) is 1. The van der Waals surface area contributed by atoms with Crippen LogP contribution in [0.4, 0.5) is 5.82 Å². The first-order valence-electron chi connectivity index (χ1n) is 9.05. The van der Waals surface area contributed by atoms with Gasteiger partial charge in [0, 0.05) is 45.3 Å². The monoisotopic (exact) mass is 346 g/mol. The average Bonchev–Trinajstić information content (AvgIpc) is 3.02. The number of aryl methyl sites for hydroxylation is 1. The summed E-state index contributed by atoms with van der Waals surface area (Å²) in [5.74, 6) is 1.97. The Hall–Kier alpha value is -1.73. The molecule has 1 atom stereocenters. The van der Waals surface area contributed by atoms with Gasteiger partial charge in [0.2, 0.25) is 5.91 Å². The number of carbonyl (C=O) groups excluding carboxylic acids is 1. The quantitative estimate of drug-likeness (QED) is 0.785. The summed E-state index contributed by atoms with van der Waals surface area (Å²) in [7, 11) is 8.24. The molecule has 0 N–H and O–H groups in total. The smallest absolute Gasteiger partial charge is 0.237 e. The summed E-state index contributed by atoms with van der Waals surface area (Å²) in [6.07, 6.45) is 1.97. The van der Waals surface area contributed by atoms with Crippen LogP contribution in [0.5, 0.6) is 0 Å². The zero-order valence-corrected chi connectivity index (χ0v) is 16.1. The predicted octanol–water partition coefficient (Wildman–Crippen LogP) is 0.372. The van der Waals surface area contributed by atoms with E-state index in [0.717, 1.165) is 49.8 Å². The van der Waals surface area contributed by atoms with Gasteiger partial charge in [0.25, 0.3) is 0 Å². The Balaban J connectivity index is 1.66. The van der Waals surface area contributed by atoms with Crippen molar-refractivity contribution in [2.24, 2.45) is 0 Å². The molecular formula is C18H30N6O. The third kappa shape index (κ3) is 3.93. The highest BCUT2D eigenvalue weighted by Gasteiger charge is 2.29. The number of rotatable bonds is 4. The Bertz CT molecular complexity index is 645. The van der Waals surface area contributed by atoms with Crippen LogP contribution in [0.25, 0.3) is 0 Å². The molecule has 138 valence electrons. The largest absolute Gasteiger partial charge is 0.362 e. The van der Waals surface area contributed by atoms with Crippen LogP contribution in [0, 0.1) is 6.92 Å². The molecule has 0 bridgehead atoms. The number of aromatic nitrogens is 2. The topological polar surface area (TPSA) is 55.8 Å².